The molecule has 0 amide bonds. The molecule has 2 aromatic carbocycles. The Balaban J connectivity index is 2.22. The van der Waals surface area contributed by atoms with E-state index in [-0.39, 0.29) is 13.2 Å². The number of benzene rings is 2. The Morgan fingerprint density at radius 2 is 1.86 bits per heavy atom. The minimum absolute atomic E-state index is 0.0770. The average molecular weight is 283 g/mol. The fraction of sp³-hybridized carbons (Fsp3) is 0.235. The number of methoxy groups -OCH3 is 1. The van der Waals surface area contributed by atoms with Crippen molar-refractivity contribution in [3.05, 3.63) is 58.7 Å². The van der Waals surface area contributed by atoms with Crippen molar-refractivity contribution in [2.24, 2.45) is 0 Å². The van der Waals surface area contributed by atoms with Crippen LogP contribution in [0.15, 0.2) is 36.4 Å². The average Bonchev–Trinajstić information content (AvgIpc) is 2.53. The molecule has 0 unspecified atom stereocenters. The number of rotatable bonds is 5. The third-order valence-corrected chi connectivity index (χ3v) is 3.18. The molecule has 0 saturated carbocycles. The van der Waals surface area contributed by atoms with Crippen LogP contribution in [-0.4, -0.2) is 12.2 Å². The van der Waals surface area contributed by atoms with Crippen LogP contribution in [0.4, 0.5) is 0 Å². The first-order valence-corrected chi connectivity index (χ1v) is 6.58. The number of nitriles is 1. The van der Waals surface area contributed by atoms with E-state index in [1.165, 1.54) is 0 Å². The number of hydrogen-bond acceptors (Lipinski definition) is 4. The van der Waals surface area contributed by atoms with Crippen LogP contribution >= 0.6 is 0 Å². The molecule has 4 heteroatoms. The maximum atomic E-state index is 9.38. The highest BCUT2D eigenvalue weighted by Crippen LogP contribution is 2.25. The molecule has 0 aliphatic rings. The maximum Gasteiger partial charge on any atom is 0.125 e. The third-order valence-electron chi connectivity index (χ3n) is 3.18. The summed E-state index contributed by atoms with van der Waals surface area (Å²) in [6.45, 7) is 2.16. The third kappa shape index (κ3) is 3.53. The van der Waals surface area contributed by atoms with Crippen molar-refractivity contribution in [2.45, 2.75) is 20.1 Å². The minimum atomic E-state index is -0.0770. The molecule has 2 aromatic rings. The second-order valence-electron chi connectivity index (χ2n) is 4.70. The van der Waals surface area contributed by atoms with E-state index in [0.717, 1.165) is 16.7 Å². The van der Waals surface area contributed by atoms with Crippen molar-refractivity contribution >= 4 is 0 Å². The Labute approximate surface area is 124 Å². The quantitative estimate of drug-likeness (QED) is 0.916. The van der Waals surface area contributed by atoms with Crippen molar-refractivity contribution in [3.8, 4) is 17.6 Å². The Bertz CT molecular complexity index is 674. The largest absolute Gasteiger partial charge is 0.496 e. The summed E-state index contributed by atoms with van der Waals surface area (Å²) in [5.74, 6) is 1.30. The van der Waals surface area contributed by atoms with Crippen LogP contribution in [-0.2, 0) is 13.2 Å². The predicted molar refractivity (Wildman–Crippen MR) is 79.1 cm³/mol. The molecule has 0 spiro atoms. The predicted octanol–water partition coefficient (Wildman–Crippen LogP) is 2.95. The van der Waals surface area contributed by atoms with Gasteiger partial charge in [0.1, 0.15) is 18.1 Å². The van der Waals surface area contributed by atoms with Crippen LogP contribution in [0.1, 0.15) is 22.3 Å². The van der Waals surface area contributed by atoms with Crippen molar-refractivity contribution in [1.29, 1.82) is 5.26 Å². The molecule has 4 nitrogen and oxygen atoms in total. The molecule has 0 bridgehead atoms. The molecule has 0 aliphatic carbocycles. The first-order chi connectivity index (χ1) is 10.2. The highest BCUT2D eigenvalue weighted by molar-refractivity contribution is 5.42. The van der Waals surface area contributed by atoms with Crippen LogP contribution in [0.5, 0.6) is 11.5 Å². The molecule has 0 aromatic heterocycles. The van der Waals surface area contributed by atoms with Gasteiger partial charge in [0, 0.05) is 11.1 Å². The zero-order valence-electron chi connectivity index (χ0n) is 12.1. The molecule has 108 valence electrons. The van der Waals surface area contributed by atoms with Gasteiger partial charge in [0.15, 0.2) is 0 Å². The Morgan fingerprint density at radius 3 is 2.52 bits per heavy atom. The summed E-state index contributed by atoms with van der Waals surface area (Å²) in [5.41, 5.74) is 3.16. The SMILES string of the molecule is COc1ccc(C#N)cc1COc1ccc(C)cc1CO. The lowest BCUT2D eigenvalue weighted by Gasteiger charge is -2.13. The second-order valence-corrected chi connectivity index (χ2v) is 4.70. The van der Waals surface area contributed by atoms with E-state index in [4.69, 9.17) is 14.7 Å². The highest BCUT2D eigenvalue weighted by Gasteiger charge is 2.08. The summed E-state index contributed by atoms with van der Waals surface area (Å²) in [6, 6.07) is 12.9. The number of aliphatic hydroxyl groups is 1. The number of ether oxygens (including phenoxy) is 2. The summed E-state index contributed by atoms with van der Waals surface area (Å²) < 4.78 is 11.0. The van der Waals surface area contributed by atoms with Crippen molar-refractivity contribution in [3.63, 3.8) is 0 Å². The van der Waals surface area contributed by atoms with Gasteiger partial charge in [0.25, 0.3) is 0 Å². The Kier molecular flexibility index (Phi) is 4.81. The minimum Gasteiger partial charge on any atom is -0.496 e. The lowest BCUT2D eigenvalue weighted by Crippen LogP contribution is -2.01. The van der Waals surface area contributed by atoms with E-state index < -0.39 is 0 Å². The first-order valence-electron chi connectivity index (χ1n) is 6.58. The van der Waals surface area contributed by atoms with E-state index in [2.05, 4.69) is 6.07 Å². The molecule has 0 fully saturated rings. The molecule has 21 heavy (non-hydrogen) atoms. The van der Waals surface area contributed by atoms with Gasteiger partial charge >= 0.3 is 0 Å². The van der Waals surface area contributed by atoms with Crippen LogP contribution in [0, 0.1) is 18.3 Å². The van der Waals surface area contributed by atoms with E-state index in [1.807, 2.05) is 25.1 Å². The van der Waals surface area contributed by atoms with E-state index in [0.29, 0.717) is 17.1 Å². The van der Waals surface area contributed by atoms with Crippen LogP contribution in [0.3, 0.4) is 0 Å². The number of aryl methyl sites for hydroxylation is 1. The fourth-order valence-electron chi connectivity index (χ4n) is 2.09. The standard InChI is InChI=1S/C17H17NO3/c1-12-3-5-17(14(7-12)10-19)21-11-15-8-13(9-18)4-6-16(15)20-2/h3-8,19H,10-11H2,1-2H3. The van der Waals surface area contributed by atoms with Gasteiger partial charge in [-0.15, -0.1) is 0 Å². The van der Waals surface area contributed by atoms with Gasteiger partial charge in [-0.3, -0.25) is 0 Å². The van der Waals surface area contributed by atoms with Crippen LogP contribution < -0.4 is 9.47 Å². The molecule has 0 radical (unpaired) electrons. The number of nitrogens with zero attached hydrogens (tertiary/aromatic N) is 1. The molecular formula is C17H17NO3. The van der Waals surface area contributed by atoms with Gasteiger partial charge in [-0.25, -0.2) is 0 Å². The summed E-state index contributed by atoms with van der Waals surface area (Å²) >= 11 is 0. The number of hydrogen-bond donors (Lipinski definition) is 1. The van der Waals surface area contributed by atoms with Gasteiger partial charge in [-0.1, -0.05) is 17.7 Å². The smallest absolute Gasteiger partial charge is 0.125 e. The van der Waals surface area contributed by atoms with Gasteiger partial charge < -0.3 is 14.6 Å². The molecule has 0 atom stereocenters. The van der Waals surface area contributed by atoms with Crippen molar-refractivity contribution in [2.75, 3.05) is 7.11 Å². The second kappa shape index (κ2) is 6.78. The van der Waals surface area contributed by atoms with Gasteiger partial charge in [-0.2, -0.15) is 5.26 Å². The fourth-order valence-corrected chi connectivity index (χ4v) is 2.09. The monoisotopic (exact) mass is 283 g/mol. The van der Waals surface area contributed by atoms with Crippen molar-refractivity contribution < 1.29 is 14.6 Å². The Hall–Kier alpha value is -2.51. The zero-order chi connectivity index (χ0) is 15.2. The summed E-state index contributed by atoms with van der Waals surface area (Å²) in [7, 11) is 1.58. The first kappa shape index (κ1) is 14.9. The molecule has 0 heterocycles. The van der Waals surface area contributed by atoms with Crippen molar-refractivity contribution in [1.82, 2.24) is 0 Å². The van der Waals surface area contributed by atoms with Crippen LogP contribution in [0.25, 0.3) is 0 Å². The topological polar surface area (TPSA) is 62.5 Å². The normalized spacial score (nSPS) is 10.0. The lowest BCUT2D eigenvalue weighted by atomic mass is 10.1. The maximum absolute atomic E-state index is 9.38. The summed E-state index contributed by atoms with van der Waals surface area (Å²) in [5, 5.41) is 18.3. The number of aliphatic hydroxyl groups excluding tert-OH is 1. The van der Waals surface area contributed by atoms with Gasteiger partial charge in [-0.05, 0) is 31.2 Å². The molecular weight excluding hydrogens is 266 g/mol. The molecule has 1 N–H and O–H groups in total. The summed E-state index contributed by atoms with van der Waals surface area (Å²) in [6.07, 6.45) is 0. The van der Waals surface area contributed by atoms with E-state index in [9.17, 15) is 5.11 Å². The van der Waals surface area contributed by atoms with E-state index in [1.54, 1.807) is 25.3 Å². The molecule has 0 saturated heterocycles. The molecule has 0 aliphatic heterocycles. The highest BCUT2D eigenvalue weighted by atomic mass is 16.5. The zero-order valence-corrected chi connectivity index (χ0v) is 12.1. The van der Waals surface area contributed by atoms with Gasteiger partial charge in [0.05, 0.1) is 25.3 Å². The molecule has 2 rings (SSSR count). The summed E-state index contributed by atoms with van der Waals surface area (Å²) in [4.78, 5) is 0. The van der Waals surface area contributed by atoms with E-state index >= 15 is 0 Å². The lowest BCUT2D eigenvalue weighted by molar-refractivity contribution is 0.256. The van der Waals surface area contributed by atoms with Crippen LogP contribution in [0.2, 0.25) is 0 Å². The van der Waals surface area contributed by atoms with Gasteiger partial charge in [0.2, 0.25) is 0 Å². The Morgan fingerprint density at radius 1 is 1.10 bits per heavy atom.